The van der Waals surface area contributed by atoms with Crippen molar-refractivity contribution < 1.29 is 9.53 Å². The maximum atomic E-state index is 12.9. The summed E-state index contributed by atoms with van der Waals surface area (Å²) in [5.41, 5.74) is 3.75. The van der Waals surface area contributed by atoms with Crippen LogP contribution in [0.4, 0.5) is 0 Å². The van der Waals surface area contributed by atoms with Crippen LogP contribution in [0.5, 0.6) is 5.75 Å². The summed E-state index contributed by atoms with van der Waals surface area (Å²) < 4.78 is 6.43. The standard InChI is InChI=1S/C26H32N2O2S/c1-15-12-20(13-16(2)21(15)14-27)30-24-25(4,5)23(26(24,6)7)28-22(29)19-10-8-18(9-11-19)17(3)31/h8-13,17,23-24,31H,1-7H3,(H,28,29). The molecule has 1 unspecified atom stereocenters. The van der Waals surface area contributed by atoms with Crippen LogP contribution in [0.3, 0.4) is 0 Å². The van der Waals surface area contributed by atoms with Crippen LogP contribution in [0.1, 0.15) is 72.5 Å². The maximum Gasteiger partial charge on any atom is 0.251 e. The van der Waals surface area contributed by atoms with E-state index in [1.165, 1.54) is 0 Å². The lowest BCUT2D eigenvalue weighted by molar-refractivity contribution is -0.164. The first kappa shape index (κ1) is 23.2. The fourth-order valence-corrected chi connectivity index (χ4v) is 5.40. The molecule has 0 aliphatic heterocycles. The van der Waals surface area contributed by atoms with Crippen LogP contribution >= 0.6 is 12.6 Å². The van der Waals surface area contributed by atoms with Crippen molar-refractivity contribution in [3.63, 3.8) is 0 Å². The molecule has 1 fully saturated rings. The third-order valence-electron chi connectivity index (χ3n) is 6.64. The topological polar surface area (TPSA) is 62.1 Å². The fourth-order valence-electron chi connectivity index (χ4n) is 5.23. The molecule has 1 N–H and O–H groups in total. The van der Waals surface area contributed by atoms with E-state index in [0.717, 1.165) is 22.4 Å². The number of nitrogens with zero attached hydrogens (tertiary/aromatic N) is 1. The highest BCUT2D eigenvalue weighted by Gasteiger charge is 2.64. The van der Waals surface area contributed by atoms with Gasteiger partial charge in [0.05, 0.1) is 11.6 Å². The van der Waals surface area contributed by atoms with Crippen LogP contribution in [0, 0.1) is 36.0 Å². The molecule has 4 nitrogen and oxygen atoms in total. The quantitative estimate of drug-likeness (QED) is 0.584. The Morgan fingerprint density at radius 2 is 1.61 bits per heavy atom. The summed E-state index contributed by atoms with van der Waals surface area (Å²) in [5, 5.41) is 12.7. The van der Waals surface area contributed by atoms with Gasteiger partial charge in [-0.1, -0.05) is 39.8 Å². The Labute approximate surface area is 191 Å². The Morgan fingerprint density at radius 1 is 1.10 bits per heavy atom. The molecule has 5 heteroatoms. The summed E-state index contributed by atoms with van der Waals surface area (Å²) in [6.45, 7) is 14.4. The highest BCUT2D eigenvalue weighted by Crippen LogP contribution is 2.55. The Hall–Kier alpha value is -2.45. The lowest BCUT2D eigenvalue weighted by atomic mass is 9.49. The van der Waals surface area contributed by atoms with Crippen molar-refractivity contribution in [1.82, 2.24) is 5.32 Å². The predicted molar refractivity (Wildman–Crippen MR) is 128 cm³/mol. The molecule has 2 aromatic carbocycles. The minimum atomic E-state index is -0.256. The van der Waals surface area contributed by atoms with Crippen molar-refractivity contribution >= 4 is 18.5 Å². The van der Waals surface area contributed by atoms with Gasteiger partial charge >= 0.3 is 0 Å². The molecule has 164 valence electrons. The van der Waals surface area contributed by atoms with Gasteiger partial charge in [-0.05, 0) is 61.7 Å². The Kier molecular flexibility index (Phi) is 6.17. The summed E-state index contributed by atoms with van der Waals surface area (Å²) in [7, 11) is 0. The molecular formula is C26H32N2O2S. The molecule has 0 spiro atoms. The molecule has 0 bridgehead atoms. The molecule has 3 rings (SSSR count). The van der Waals surface area contributed by atoms with Crippen molar-refractivity contribution in [2.45, 2.75) is 65.9 Å². The minimum Gasteiger partial charge on any atom is -0.489 e. The number of hydrogen-bond acceptors (Lipinski definition) is 4. The van der Waals surface area contributed by atoms with E-state index in [9.17, 15) is 10.1 Å². The van der Waals surface area contributed by atoms with Crippen molar-refractivity contribution in [2.24, 2.45) is 10.8 Å². The first-order valence-corrected chi connectivity index (χ1v) is 11.2. The van der Waals surface area contributed by atoms with Crippen LogP contribution < -0.4 is 10.1 Å². The molecule has 0 saturated heterocycles. The van der Waals surface area contributed by atoms with Crippen LogP contribution in [0.15, 0.2) is 36.4 Å². The van der Waals surface area contributed by atoms with Gasteiger partial charge in [0.15, 0.2) is 0 Å². The Bertz CT molecular complexity index is 993. The average molecular weight is 437 g/mol. The summed E-state index contributed by atoms with van der Waals surface area (Å²) in [4.78, 5) is 12.9. The second-order valence-electron chi connectivity index (χ2n) is 9.89. The molecule has 2 aromatic rings. The number of hydrogen-bond donors (Lipinski definition) is 2. The van der Waals surface area contributed by atoms with Crippen molar-refractivity contribution in [3.8, 4) is 11.8 Å². The Balaban J connectivity index is 1.77. The molecule has 1 saturated carbocycles. The number of thiol groups is 1. The number of nitriles is 1. The van der Waals surface area contributed by atoms with Gasteiger partial charge in [-0.15, -0.1) is 0 Å². The summed E-state index contributed by atoms with van der Waals surface area (Å²) >= 11 is 4.44. The maximum absolute atomic E-state index is 12.9. The normalized spacial score (nSPS) is 22.0. The molecular weight excluding hydrogens is 404 g/mol. The number of benzene rings is 2. The number of nitrogens with one attached hydrogen (secondary N) is 1. The lowest BCUT2D eigenvalue weighted by Gasteiger charge is -2.63. The van der Waals surface area contributed by atoms with Gasteiger partial charge in [-0.3, -0.25) is 4.79 Å². The van der Waals surface area contributed by atoms with E-state index in [0.29, 0.717) is 11.1 Å². The van der Waals surface area contributed by atoms with E-state index in [1.807, 2.05) is 57.2 Å². The highest BCUT2D eigenvalue weighted by atomic mass is 32.1. The monoisotopic (exact) mass is 436 g/mol. The van der Waals surface area contributed by atoms with Gasteiger partial charge in [-0.25, -0.2) is 0 Å². The van der Waals surface area contributed by atoms with Crippen molar-refractivity contribution in [2.75, 3.05) is 0 Å². The van der Waals surface area contributed by atoms with E-state index in [4.69, 9.17) is 4.74 Å². The van der Waals surface area contributed by atoms with Crippen LogP contribution in [0.25, 0.3) is 0 Å². The van der Waals surface area contributed by atoms with Gasteiger partial charge in [0.2, 0.25) is 0 Å². The number of carbonyl (C=O) groups excluding carboxylic acids is 1. The molecule has 0 heterocycles. The second kappa shape index (κ2) is 8.24. The fraction of sp³-hybridized carbons (Fsp3) is 0.462. The molecule has 1 aliphatic rings. The zero-order valence-electron chi connectivity index (χ0n) is 19.4. The molecule has 1 atom stereocenters. The van der Waals surface area contributed by atoms with E-state index < -0.39 is 0 Å². The largest absolute Gasteiger partial charge is 0.489 e. The number of carbonyl (C=O) groups is 1. The first-order chi connectivity index (χ1) is 14.4. The average Bonchev–Trinajstić information content (AvgIpc) is 2.69. The van der Waals surface area contributed by atoms with Crippen LogP contribution in [0.2, 0.25) is 0 Å². The first-order valence-electron chi connectivity index (χ1n) is 10.7. The number of rotatable bonds is 5. The highest BCUT2D eigenvalue weighted by molar-refractivity contribution is 7.80. The van der Waals surface area contributed by atoms with Crippen LogP contribution in [-0.2, 0) is 0 Å². The van der Waals surface area contributed by atoms with Crippen LogP contribution in [-0.4, -0.2) is 18.1 Å². The second-order valence-corrected chi connectivity index (χ2v) is 10.7. The lowest BCUT2D eigenvalue weighted by Crippen LogP contribution is -2.74. The van der Waals surface area contributed by atoms with E-state index in [1.54, 1.807) is 0 Å². The van der Waals surface area contributed by atoms with Gasteiger partial charge in [0, 0.05) is 27.7 Å². The van der Waals surface area contributed by atoms with Gasteiger partial charge < -0.3 is 10.1 Å². The zero-order valence-corrected chi connectivity index (χ0v) is 20.3. The molecule has 0 aromatic heterocycles. The molecule has 1 amide bonds. The smallest absolute Gasteiger partial charge is 0.251 e. The SMILES string of the molecule is Cc1cc(OC2C(C)(C)C(NC(=O)c3ccc(C(C)S)cc3)C2(C)C)cc(C)c1C#N. The number of aryl methyl sites for hydroxylation is 2. The zero-order chi connectivity index (χ0) is 23.1. The third-order valence-corrected chi connectivity index (χ3v) is 6.94. The van der Waals surface area contributed by atoms with Gasteiger partial charge in [-0.2, -0.15) is 17.9 Å². The van der Waals surface area contributed by atoms with Gasteiger partial charge in [0.25, 0.3) is 5.91 Å². The minimum absolute atomic E-state index is 0.0402. The predicted octanol–water partition coefficient (Wildman–Crippen LogP) is 5.78. The van der Waals surface area contributed by atoms with Gasteiger partial charge in [0.1, 0.15) is 11.9 Å². The summed E-state index contributed by atoms with van der Waals surface area (Å²) in [6, 6.07) is 13.7. The van der Waals surface area contributed by atoms with Crippen molar-refractivity contribution in [3.05, 3.63) is 64.2 Å². The van der Waals surface area contributed by atoms with Crippen molar-refractivity contribution in [1.29, 1.82) is 5.26 Å². The van der Waals surface area contributed by atoms with E-state index >= 15 is 0 Å². The van der Waals surface area contributed by atoms with E-state index in [-0.39, 0.29) is 34.1 Å². The number of amides is 1. The third kappa shape index (κ3) is 4.19. The van der Waals surface area contributed by atoms with E-state index in [2.05, 4.69) is 51.7 Å². The summed E-state index contributed by atoms with van der Waals surface area (Å²) in [5.74, 6) is 0.689. The molecule has 0 radical (unpaired) electrons. The molecule has 1 aliphatic carbocycles. The Morgan fingerprint density at radius 3 is 2.06 bits per heavy atom. The molecule has 31 heavy (non-hydrogen) atoms. The number of ether oxygens (including phenoxy) is 1. The summed E-state index contributed by atoms with van der Waals surface area (Å²) in [6.07, 6.45) is -0.0792.